The van der Waals surface area contributed by atoms with Crippen LogP contribution in [0.25, 0.3) is 77.5 Å². The molecule has 0 spiro atoms. The largest absolute Gasteiger partial charge is 0.0984 e. The van der Waals surface area contributed by atoms with Crippen LogP contribution in [0.15, 0.2) is 159 Å². The van der Waals surface area contributed by atoms with Gasteiger partial charge in [0.15, 0.2) is 0 Å². The quantitative estimate of drug-likeness (QED) is 0.170. The van der Waals surface area contributed by atoms with E-state index in [1.807, 2.05) is 6.08 Å². The van der Waals surface area contributed by atoms with Crippen LogP contribution in [0.2, 0.25) is 0 Å². The number of fused-ring (bicyclic) bond motifs is 6. The third-order valence-corrected chi connectivity index (χ3v) is 10.4. The minimum absolute atomic E-state index is 0.933. The summed E-state index contributed by atoms with van der Waals surface area (Å²) in [5.74, 6) is 0. The van der Waals surface area contributed by atoms with Crippen LogP contribution in [0.5, 0.6) is 0 Å². The van der Waals surface area contributed by atoms with Gasteiger partial charge in [0.1, 0.15) is 0 Å². The second kappa shape index (κ2) is 11.4. The van der Waals surface area contributed by atoms with Crippen LogP contribution in [0.3, 0.4) is 0 Å². The smallest absolute Gasteiger partial charge is 0.00204 e. The summed E-state index contributed by atoms with van der Waals surface area (Å²) in [6, 6.07) is 53.3. The molecule has 8 aromatic carbocycles. The van der Waals surface area contributed by atoms with Crippen molar-refractivity contribution in [3.8, 4) is 11.1 Å². The highest BCUT2D eigenvalue weighted by Crippen LogP contribution is 2.44. The topological polar surface area (TPSA) is 0 Å². The van der Waals surface area contributed by atoms with Gasteiger partial charge in [0, 0.05) is 0 Å². The molecule has 0 aromatic heterocycles. The number of hydrogen-bond donors (Lipinski definition) is 0. The van der Waals surface area contributed by atoms with Gasteiger partial charge in [-0.15, -0.1) is 0 Å². The summed E-state index contributed by atoms with van der Waals surface area (Å²) >= 11 is 0. The molecule has 0 amide bonds. The first-order valence-electron chi connectivity index (χ1n) is 16.8. The molecule has 1 aliphatic carbocycles. The second-order valence-electron chi connectivity index (χ2n) is 12.8. The van der Waals surface area contributed by atoms with Crippen molar-refractivity contribution in [2.75, 3.05) is 0 Å². The Hall–Kier alpha value is -5.98. The van der Waals surface area contributed by atoms with Crippen LogP contribution in [0, 0.1) is 0 Å². The van der Waals surface area contributed by atoms with E-state index in [0.717, 1.165) is 24.0 Å². The van der Waals surface area contributed by atoms with E-state index in [1.165, 1.54) is 86.9 Å². The third kappa shape index (κ3) is 4.23. The lowest BCUT2D eigenvalue weighted by Crippen LogP contribution is -2.33. The molecule has 0 fully saturated rings. The fraction of sp³-hybridized carbons (Fsp3) is 0.0417. The van der Waals surface area contributed by atoms with Crippen molar-refractivity contribution in [1.29, 1.82) is 0 Å². The first-order valence-corrected chi connectivity index (χ1v) is 16.8. The van der Waals surface area contributed by atoms with E-state index in [9.17, 15) is 0 Å². The lowest BCUT2D eigenvalue weighted by molar-refractivity contribution is 1.04. The van der Waals surface area contributed by atoms with Crippen LogP contribution in [-0.4, -0.2) is 0 Å². The van der Waals surface area contributed by atoms with Crippen molar-refractivity contribution in [1.82, 2.24) is 0 Å². The van der Waals surface area contributed by atoms with Crippen molar-refractivity contribution in [3.05, 3.63) is 191 Å². The van der Waals surface area contributed by atoms with Gasteiger partial charge in [-0.1, -0.05) is 165 Å². The summed E-state index contributed by atoms with van der Waals surface area (Å²) in [5.41, 5.74) is 10.1. The second-order valence-corrected chi connectivity index (χ2v) is 12.8. The van der Waals surface area contributed by atoms with E-state index < -0.39 is 0 Å². The van der Waals surface area contributed by atoms with Gasteiger partial charge in [-0.25, -0.2) is 0 Å². The fourth-order valence-electron chi connectivity index (χ4n) is 8.33. The molecule has 0 heterocycles. The maximum atomic E-state index is 4.41. The summed E-state index contributed by atoms with van der Waals surface area (Å²) in [5, 5.41) is 12.8. The van der Waals surface area contributed by atoms with Crippen molar-refractivity contribution in [2.24, 2.45) is 0 Å². The van der Waals surface area contributed by atoms with Crippen LogP contribution < -0.4 is 10.4 Å². The Morgan fingerprint density at radius 1 is 0.375 bits per heavy atom. The van der Waals surface area contributed by atoms with Crippen LogP contribution in [0.4, 0.5) is 0 Å². The average Bonchev–Trinajstić information content (AvgIpc) is 3.16. The van der Waals surface area contributed by atoms with E-state index in [-0.39, 0.29) is 0 Å². The summed E-state index contributed by atoms with van der Waals surface area (Å²) in [6.07, 6.45) is 5.98. The molecule has 0 aliphatic heterocycles. The van der Waals surface area contributed by atoms with Crippen molar-refractivity contribution in [2.45, 2.75) is 12.8 Å². The van der Waals surface area contributed by atoms with Crippen molar-refractivity contribution < 1.29 is 0 Å². The zero-order valence-electron chi connectivity index (χ0n) is 26.8. The van der Waals surface area contributed by atoms with Gasteiger partial charge in [-0.3, -0.25) is 0 Å². The summed E-state index contributed by atoms with van der Waals surface area (Å²) < 4.78 is 0. The molecule has 9 rings (SSSR count). The highest BCUT2D eigenvalue weighted by molar-refractivity contribution is 6.14. The van der Waals surface area contributed by atoms with Crippen LogP contribution >= 0.6 is 0 Å². The van der Waals surface area contributed by atoms with Crippen LogP contribution in [-0.2, 0) is 0 Å². The summed E-state index contributed by atoms with van der Waals surface area (Å²) in [6.45, 7) is 8.80. The molecule has 0 nitrogen and oxygen atoms in total. The Labute approximate surface area is 280 Å². The monoisotopic (exact) mass is 610 g/mol. The van der Waals surface area contributed by atoms with Gasteiger partial charge in [-0.2, -0.15) is 0 Å². The van der Waals surface area contributed by atoms with E-state index in [1.54, 1.807) is 0 Å². The molecule has 0 heteroatoms. The van der Waals surface area contributed by atoms with Gasteiger partial charge in [0.2, 0.25) is 0 Å². The predicted molar refractivity (Wildman–Crippen MR) is 208 cm³/mol. The Kier molecular flexibility index (Phi) is 6.69. The Morgan fingerprint density at radius 2 is 0.875 bits per heavy atom. The molecule has 1 aliphatic rings. The van der Waals surface area contributed by atoms with E-state index in [4.69, 9.17) is 0 Å². The lowest BCUT2D eigenvalue weighted by atomic mass is 9.78. The SMILES string of the molecule is C=Cc1c(C=C)c(-c2cccc3ccccc23)c2ccccc2c1C1=c2ccccc2=C(c2cc3ccccc3c3ccccc23)CC1. The van der Waals surface area contributed by atoms with Gasteiger partial charge < -0.3 is 0 Å². The molecule has 48 heavy (non-hydrogen) atoms. The Balaban J connectivity index is 1.40. The fourth-order valence-corrected chi connectivity index (χ4v) is 8.33. The number of hydrogen-bond acceptors (Lipinski definition) is 0. The predicted octanol–water partition coefficient (Wildman–Crippen LogP) is 11.4. The molecular weight excluding hydrogens is 577 g/mol. The van der Waals surface area contributed by atoms with Gasteiger partial charge in [-0.05, 0) is 117 Å². The van der Waals surface area contributed by atoms with Gasteiger partial charge in [0.05, 0.1) is 0 Å². The maximum absolute atomic E-state index is 4.41. The van der Waals surface area contributed by atoms with Crippen molar-refractivity contribution >= 4 is 66.4 Å². The Bertz CT molecular complexity index is 2750. The number of rotatable bonds is 5. The van der Waals surface area contributed by atoms with Crippen LogP contribution in [0.1, 0.15) is 35.1 Å². The summed E-state index contributed by atoms with van der Waals surface area (Å²) in [7, 11) is 0. The zero-order valence-corrected chi connectivity index (χ0v) is 26.8. The first kappa shape index (κ1) is 28.3. The molecule has 0 N–H and O–H groups in total. The van der Waals surface area contributed by atoms with Gasteiger partial charge >= 0.3 is 0 Å². The summed E-state index contributed by atoms with van der Waals surface area (Å²) in [4.78, 5) is 0. The van der Waals surface area contributed by atoms with E-state index in [2.05, 4.69) is 165 Å². The van der Waals surface area contributed by atoms with Crippen molar-refractivity contribution in [3.63, 3.8) is 0 Å². The highest BCUT2D eigenvalue weighted by atomic mass is 14.3. The van der Waals surface area contributed by atoms with Gasteiger partial charge in [0.25, 0.3) is 0 Å². The molecule has 226 valence electrons. The molecule has 0 bridgehead atoms. The standard InChI is InChI=1S/C48H34/c1-3-33-34(4-2)48(44-26-14-13-25-43(44)47(33)42-27-15-18-31-16-5-7-19-35(31)42)45-29-28-41(38-22-10-11-23-39(38)45)46-30-32-17-6-8-20-36(32)37-21-9-12-24-40(37)46/h3-27,30H,1-2,28-29H2. The highest BCUT2D eigenvalue weighted by Gasteiger charge is 2.24. The first-order chi connectivity index (χ1) is 23.8. The Morgan fingerprint density at radius 3 is 1.60 bits per heavy atom. The lowest BCUT2D eigenvalue weighted by Gasteiger charge is -2.25. The minimum Gasteiger partial charge on any atom is -0.0984 e. The van der Waals surface area contributed by atoms with E-state index in [0.29, 0.717) is 0 Å². The normalized spacial score (nSPS) is 12.9. The molecule has 0 saturated heterocycles. The third-order valence-electron chi connectivity index (χ3n) is 10.4. The molecule has 0 atom stereocenters. The maximum Gasteiger partial charge on any atom is -0.00204 e. The minimum atomic E-state index is 0.933. The van der Waals surface area contributed by atoms with E-state index >= 15 is 0 Å². The molecule has 0 radical (unpaired) electrons. The molecule has 0 unspecified atom stereocenters. The molecule has 0 saturated carbocycles. The molecule has 8 aromatic rings. The zero-order chi connectivity index (χ0) is 32.2. The average molecular weight is 611 g/mol. The number of benzene rings is 8. The molecular formula is C48H34.